The van der Waals surface area contributed by atoms with E-state index in [0.29, 0.717) is 0 Å². The quantitative estimate of drug-likeness (QED) is 0.751. The highest BCUT2D eigenvalue weighted by Gasteiger charge is 2.07. The summed E-state index contributed by atoms with van der Waals surface area (Å²) in [6.07, 6.45) is 0. The molecule has 72 valence electrons. The SMILES string of the molecule is Cc1sc(Br)nc1-c1ccc(Cl)cc1. The van der Waals surface area contributed by atoms with E-state index in [1.165, 1.54) is 4.88 Å². The molecule has 0 amide bonds. The van der Waals surface area contributed by atoms with E-state index < -0.39 is 0 Å². The van der Waals surface area contributed by atoms with Crippen molar-refractivity contribution in [1.29, 1.82) is 0 Å². The molecule has 1 heterocycles. The third-order valence-corrected chi connectivity index (χ3v) is 3.56. The zero-order valence-electron chi connectivity index (χ0n) is 7.42. The molecular weight excluding hydrogens is 282 g/mol. The molecule has 2 rings (SSSR count). The van der Waals surface area contributed by atoms with E-state index in [9.17, 15) is 0 Å². The molecule has 0 atom stereocenters. The monoisotopic (exact) mass is 287 g/mol. The molecule has 0 unspecified atom stereocenters. The molecule has 0 spiro atoms. The van der Waals surface area contributed by atoms with Crippen LogP contribution in [0.5, 0.6) is 0 Å². The third kappa shape index (κ3) is 2.00. The highest BCUT2D eigenvalue weighted by atomic mass is 79.9. The Morgan fingerprint density at radius 1 is 1.29 bits per heavy atom. The van der Waals surface area contributed by atoms with Crippen LogP contribution in [0.1, 0.15) is 4.88 Å². The molecule has 0 aliphatic carbocycles. The van der Waals surface area contributed by atoms with Crippen LogP contribution < -0.4 is 0 Å². The molecule has 0 bridgehead atoms. The van der Waals surface area contributed by atoms with Gasteiger partial charge in [0.15, 0.2) is 3.92 Å². The van der Waals surface area contributed by atoms with Gasteiger partial charge in [-0.15, -0.1) is 11.3 Å². The van der Waals surface area contributed by atoms with Crippen molar-refractivity contribution in [3.63, 3.8) is 0 Å². The van der Waals surface area contributed by atoms with Crippen LogP contribution in [0.3, 0.4) is 0 Å². The number of thiazole rings is 1. The molecule has 1 aromatic carbocycles. The van der Waals surface area contributed by atoms with Crippen LogP contribution in [0.4, 0.5) is 0 Å². The molecular formula is C10H7BrClNS. The fourth-order valence-corrected chi connectivity index (χ4v) is 2.92. The van der Waals surface area contributed by atoms with Crippen molar-refractivity contribution < 1.29 is 0 Å². The van der Waals surface area contributed by atoms with Crippen molar-refractivity contribution in [2.45, 2.75) is 6.92 Å². The van der Waals surface area contributed by atoms with Crippen molar-refractivity contribution in [3.05, 3.63) is 38.1 Å². The summed E-state index contributed by atoms with van der Waals surface area (Å²) >= 11 is 10.8. The van der Waals surface area contributed by atoms with Crippen molar-refractivity contribution in [3.8, 4) is 11.3 Å². The van der Waals surface area contributed by atoms with Gasteiger partial charge in [-0.2, -0.15) is 0 Å². The van der Waals surface area contributed by atoms with Gasteiger partial charge >= 0.3 is 0 Å². The first-order valence-corrected chi connectivity index (χ1v) is 6.04. The van der Waals surface area contributed by atoms with Gasteiger partial charge in [0.1, 0.15) is 0 Å². The summed E-state index contributed by atoms with van der Waals surface area (Å²) in [5.41, 5.74) is 2.13. The number of hydrogen-bond acceptors (Lipinski definition) is 2. The number of rotatable bonds is 1. The second-order valence-electron chi connectivity index (χ2n) is 2.88. The van der Waals surface area contributed by atoms with Gasteiger partial charge in [-0.25, -0.2) is 4.98 Å². The Labute approximate surface area is 99.9 Å². The summed E-state index contributed by atoms with van der Waals surface area (Å²) in [6.45, 7) is 2.06. The van der Waals surface area contributed by atoms with E-state index in [2.05, 4.69) is 27.8 Å². The molecule has 2 aromatic rings. The van der Waals surface area contributed by atoms with Crippen LogP contribution in [-0.4, -0.2) is 4.98 Å². The first-order valence-electron chi connectivity index (χ1n) is 4.05. The molecule has 0 saturated carbocycles. The largest absolute Gasteiger partial charge is 0.229 e. The average Bonchev–Trinajstić information content (AvgIpc) is 2.47. The number of aromatic nitrogens is 1. The van der Waals surface area contributed by atoms with E-state index in [4.69, 9.17) is 11.6 Å². The minimum absolute atomic E-state index is 0.751. The minimum Gasteiger partial charge on any atom is -0.229 e. The maximum absolute atomic E-state index is 5.82. The maximum Gasteiger partial charge on any atom is 0.160 e. The van der Waals surface area contributed by atoms with E-state index in [-0.39, 0.29) is 0 Å². The molecule has 0 aliphatic heterocycles. The molecule has 1 nitrogen and oxygen atoms in total. The molecule has 1 aromatic heterocycles. The zero-order chi connectivity index (χ0) is 10.1. The summed E-state index contributed by atoms with van der Waals surface area (Å²) in [7, 11) is 0. The molecule has 4 heteroatoms. The lowest BCUT2D eigenvalue weighted by Crippen LogP contribution is -1.79. The summed E-state index contributed by atoms with van der Waals surface area (Å²) in [5.74, 6) is 0. The topological polar surface area (TPSA) is 12.9 Å². The van der Waals surface area contributed by atoms with Gasteiger partial charge in [0.2, 0.25) is 0 Å². The van der Waals surface area contributed by atoms with Gasteiger partial charge in [0.25, 0.3) is 0 Å². The molecule has 0 saturated heterocycles. The average molecular weight is 289 g/mol. The lowest BCUT2D eigenvalue weighted by atomic mass is 10.1. The predicted molar refractivity (Wildman–Crippen MR) is 65.0 cm³/mol. The smallest absolute Gasteiger partial charge is 0.160 e. The molecule has 14 heavy (non-hydrogen) atoms. The van der Waals surface area contributed by atoms with Crippen LogP contribution in [0.25, 0.3) is 11.3 Å². The van der Waals surface area contributed by atoms with Crippen molar-refractivity contribution in [2.75, 3.05) is 0 Å². The zero-order valence-corrected chi connectivity index (χ0v) is 10.6. The molecule has 0 radical (unpaired) electrons. The van der Waals surface area contributed by atoms with Gasteiger partial charge in [0.05, 0.1) is 5.69 Å². The first kappa shape index (κ1) is 10.1. The number of aryl methyl sites for hydroxylation is 1. The van der Waals surface area contributed by atoms with Gasteiger partial charge in [-0.05, 0) is 35.0 Å². The highest BCUT2D eigenvalue weighted by molar-refractivity contribution is 9.11. The fourth-order valence-electron chi connectivity index (χ4n) is 1.24. The normalized spacial score (nSPS) is 10.5. The fraction of sp³-hybridized carbons (Fsp3) is 0.100. The van der Waals surface area contributed by atoms with Crippen molar-refractivity contribution in [2.24, 2.45) is 0 Å². The minimum atomic E-state index is 0.751. The molecule has 0 N–H and O–H groups in total. The van der Waals surface area contributed by atoms with Gasteiger partial charge < -0.3 is 0 Å². The Morgan fingerprint density at radius 3 is 2.43 bits per heavy atom. The van der Waals surface area contributed by atoms with Crippen LogP contribution in [-0.2, 0) is 0 Å². The Morgan fingerprint density at radius 2 is 1.93 bits per heavy atom. The summed E-state index contributed by atoms with van der Waals surface area (Å²) in [4.78, 5) is 5.61. The number of nitrogens with zero attached hydrogens (tertiary/aromatic N) is 1. The van der Waals surface area contributed by atoms with E-state index in [1.54, 1.807) is 11.3 Å². The van der Waals surface area contributed by atoms with Crippen molar-refractivity contribution >= 4 is 38.9 Å². The third-order valence-electron chi connectivity index (χ3n) is 1.89. The summed E-state index contributed by atoms with van der Waals surface area (Å²) in [6, 6.07) is 7.72. The Hall–Kier alpha value is -0.380. The van der Waals surface area contributed by atoms with Gasteiger partial charge in [-0.3, -0.25) is 0 Å². The van der Waals surface area contributed by atoms with E-state index >= 15 is 0 Å². The van der Waals surface area contributed by atoms with Crippen LogP contribution in [0.2, 0.25) is 5.02 Å². The second kappa shape index (κ2) is 4.01. The Kier molecular flexibility index (Phi) is 2.91. The highest BCUT2D eigenvalue weighted by Crippen LogP contribution is 2.30. The standard InChI is InChI=1S/C10H7BrClNS/c1-6-9(13-10(11)14-6)7-2-4-8(12)5-3-7/h2-5H,1H3. The lowest BCUT2D eigenvalue weighted by molar-refractivity contribution is 1.35. The first-order chi connectivity index (χ1) is 6.66. The maximum atomic E-state index is 5.82. The molecule has 0 aliphatic rings. The van der Waals surface area contributed by atoms with Crippen LogP contribution >= 0.6 is 38.9 Å². The number of halogens is 2. The van der Waals surface area contributed by atoms with Gasteiger partial charge in [0, 0.05) is 15.5 Å². The molecule has 0 fully saturated rings. The number of hydrogen-bond donors (Lipinski definition) is 0. The predicted octanol–water partition coefficient (Wildman–Crippen LogP) is 4.53. The lowest BCUT2D eigenvalue weighted by Gasteiger charge is -1.97. The van der Waals surface area contributed by atoms with Crippen LogP contribution in [0, 0.1) is 6.92 Å². The summed E-state index contributed by atoms with van der Waals surface area (Å²) < 4.78 is 0.917. The second-order valence-corrected chi connectivity index (χ2v) is 5.79. The van der Waals surface area contributed by atoms with Crippen LogP contribution in [0.15, 0.2) is 28.2 Å². The Balaban J connectivity index is 2.49. The van der Waals surface area contributed by atoms with E-state index in [0.717, 1.165) is 20.2 Å². The van der Waals surface area contributed by atoms with E-state index in [1.807, 2.05) is 24.3 Å². The Bertz CT molecular complexity index is 450. The van der Waals surface area contributed by atoms with Crippen molar-refractivity contribution in [1.82, 2.24) is 4.98 Å². The van der Waals surface area contributed by atoms with Gasteiger partial charge in [-0.1, -0.05) is 23.7 Å². The number of benzene rings is 1. The summed E-state index contributed by atoms with van der Waals surface area (Å²) in [5, 5.41) is 0.751.